The molecule has 1 atom stereocenters. The first kappa shape index (κ1) is 50.3. The number of hydrogen-bond acceptors (Lipinski definition) is 13. The maximum atomic E-state index is 13.4. The molecule has 2 aliphatic heterocycles. The summed E-state index contributed by atoms with van der Waals surface area (Å²) in [5, 5.41) is 34.9. The molecule has 14 nitrogen and oxygen atoms in total. The molecular weight excluding hydrogens is 907 g/mol. The average Bonchev–Trinajstić information content (AvgIpc) is 4.04. The van der Waals surface area contributed by atoms with Crippen molar-refractivity contribution in [2.24, 2.45) is 5.41 Å². The summed E-state index contributed by atoms with van der Waals surface area (Å²) in [4.78, 5) is 56.5. The lowest BCUT2D eigenvalue weighted by Gasteiger charge is -2.51. The van der Waals surface area contributed by atoms with Crippen LogP contribution in [0.5, 0.6) is 11.5 Å². The van der Waals surface area contributed by atoms with E-state index in [1.807, 2.05) is 54.2 Å². The van der Waals surface area contributed by atoms with Gasteiger partial charge in [0.15, 0.2) is 20.7 Å². The van der Waals surface area contributed by atoms with Crippen LogP contribution >= 0.6 is 22.7 Å². The van der Waals surface area contributed by atoms with Gasteiger partial charge in [-0.15, -0.1) is 22.7 Å². The molecule has 2 aromatic carbocycles. The largest absolute Gasteiger partial charge is 0.506 e. The standard InChI is InChI=1S/C50H67N5O9S2Si/c1-48(2,3)67(5,6)64-39(37-18-19-38(56)45-46(37)62-33-43(58)53-45)32-51-31-34-14-16-35(17-15-34)52-42(57)13-7-8-23-54(4)44(59)20-24-55-25-21-49(22-26-55)29-36(30-49)63-47(60)50(61,40-11-9-27-65-40)41-12-10-28-66-41/h9-12,14-19,27-28,36,39,51,56,61H,7-8,13,20-26,29-33H2,1-6H3,(H,52,57)(H,53,58)/t39-/m0/s1. The minimum atomic E-state index is -2.25. The number of nitrogens with zero attached hydrogens (tertiary/aromatic N) is 2. The highest BCUT2D eigenvalue weighted by Crippen LogP contribution is 2.51. The summed E-state index contributed by atoms with van der Waals surface area (Å²) < 4.78 is 18.6. The Morgan fingerprint density at radius 3 is 2.28 bits per heavy atom. The Bertz CT molecular complexity index is 2290. The SMILES string of the molecule is CN(CCCCC(=O)Nc1ccc(CNC[C@H](O[Si](C)(C)C(C)(C)C)c2ccc(O)c3c2OCC(=O)N3)cc1)C(=O)CCN1CCC2(CC1)CC(OC(=O)C(O)(c1cccs1)c1cccs1)C2. The second-order valence-electron chi connectivity index (χ2n) is 19.9. The molecule has 2 fully saturated rings. The topological polar surface area (TPSA) is 179 Å². The first-order chi connectivity index (χ1) is 31.9. The number of anilines is 2. The van der Waals surface area contributed by atoms with E-state index in [4.69, 9.17) is 13.9 Å². The molecular formula is C50H67N5O9S2Si. The van der Waals surface area contributed by atoms with Gasteiger partial charge in [-0.05, 0) is 128 Å². The van der Waals surface area contributed by atoms with E-state index in [2.05, 4.69) is 54.7 Å². The minimum absolute atomic E-state index is 0.0498. The van der Waals surface area contributed by atoms with Crippen LogP contribution in [0.15, 0.2) is 71.4 Å². The monoisotopic (exact) mass is 973 g/mol. The second kappa shape index (κ2) is 21.3. The Labute approximate surface area is 403 Å². The van der Waals surface area contributed by atoms with Gasteiger partial charge in [-0.25, -0.2) is 4.79 Å². The van der Waals surface area contributed by atoms with E-state index < -0.39 is 26.0 Å². The van der Waals surface area contributed by atoms with Gasteiger partial charge in [0.2, 0.25) is 17.4 Å². The van der Waals surface area contributed by atoms with Crippen molar-refractivity contribution < 1.29 is 43.3 Å². The Morgan fingerprint density at radius 2 is 1.66 bits per heavy atom. The average molecular weight is 974 g/mol. The maximum absolute atomic E-state index is 13.4. The molecule has 1 saturated heterocycles. The van der Waals surface area contributed by atoms with Crippen LogP contribution in [0.2, 0.25) is 18.1 Å². The number of benzene rings is 2. The molecule has 4 aromatic rings. The van der Waals surface area contributed by atoms with E-state index in [1.165, 1.54) is 22.7 Å². The number of thiophene rings is 2. The number of carbonyl (C=O) groups is 4. The predicted molar refractivity (Wildman–Crippen MR) is 265 cm³/mol. The van der Waals surface area contributed by atoms with E-state index in [0.717, 1.165) is 56.3 Å². The molecule has 0 unspecified atom stereocenters. The van der Waals surface area contributed by atoms with Gasteiger partial charge in [0.05, 0.1) is 15.9 Å². The molecule has 7 rings (SSSR count). The van der Waals surface area contributed by atoms with E-state index >= 15 is 0 Å². The molecule has 5 N–H and O–H groups in total. The minimum Gasteiger partial charge on any atom is -0.506 e. The lowest BCUT2D eigenvalue weighted by Crippen LogP contribution is -2.52. The van der Waals surface area contributed by atoms with Crippen molar-refractivity contribution in [1.29, 1.82) is 0 Å². The Morgan fingerprint density at radius 1 is 0.985 bits per heavy atom. The summed E-state index contributed by atoms with van der Waals surface area (Å²) in [6, 6.07) is 18.3. The van der Waals surface area contributed by atoms with E-state index in [-0.39, 0.29) is 52.3 Å². The van der Waals surface area contributed by atoms with Crippen molar-refractivity contribution in [3.8, 4) is 11.5 Å². The van der Waals surface area contributed by atoms with E-state index in [1.54, 1.807) is 29.2 Å². The molecule has 67 heavy (non-hydrogen) atoms. The van der Waals surface area contributed by atoms with Gasteiger partial charge in [-0.2, -0.15) is 0 Å². The third-order valence-corrected chi connectivity index (χ3v) is 20.5. The van der Waals surface area contributed by atoms with Crippen LogP contribution in [0.4, 0.5) is 11.4 Å². The number of rotatable bonds is 20. The highest BCUT2D eigenvalue weighted by atomic mass is 32.1. The number of carbonyl (C=O) groups excluding carboxylic acids is 4. The molecule has 1 saturated carbocycles. The number of phenolic OH excluding ortho intramolecular Hbond substituents is 1. The molecule has 2 aromatic heterocycles. The van der Waals surface area contributed by atoms with Crippen LogP contribution in [0.1, 0.15) is 99.1 Å². The first-order valence-electron chi connectivity index (χ1n) is 23.4. The fraction of sp³-hybridized carbons (Fsp3) is 0.520. The van der Waals surface area contributed by atoms with Crippen LogP contribution in [-0.4, -0.2) is 105 Å². The number of hydrogen-bond donors (Lipinski definition) is 5. The molecule has 1 aliphatic carbocycles. The number of unbranched alkanes of at least 4 members (excludes halogenated alkanes) is 1. The number of phenols is 1. The predicted octanol–water partition coefficient (Wildman–Crippen LogP) is 8.38. The summed E-state index contributed by atoms with van der Waals surface area (Å²) in [5.74, 6) is -0.534. The Kier molecular flexibility index (Phi) is 16.0. The van der Waals surface area contributed by atoms with E-state index in [0.29, 0.717) is 66.6 Å². The van der Waals surface area contributed by atoms with E-state index in [9.17, 15) is 29.4 Å². The van der Waals surface area contributed by atoms with Crippen LogP contribution < -0.4 is 20.7 Å². The number of amides is 3. The van der Waals surface area contributed by atoms with Gasteiger partial charge >= 0.3 is 5.97 Å². The molecule has 1 spiro atoms. The van der Waals surface area contributed by atoms with Gasteiger partial charge in [-0.3, -0.25) is 14.4 Å². The molecule has 3 amide bonds. The molecule has 3 aliphatic rings. The summed E-state index contributed by atoms with van der Waals surface area (Å²) in [6.07, 6.45) is 5.17. The number of likely N-dealkylation sites (tertiary alicyclic amines) is 1. The van der Waals surface area contributed by atoms with Crippen molar-refractivity contribution in [2.75, 3.05) is 57.0 Å². The smallest absolute Gasteiger partial charge is 0.349 e. The summed E-state index contributed by atoms with van der Waals surface area (Å²) >= 11 is 2.69. The maximum Gasteiger partial charge on any atom is 0.349 e. The summed E-state index contributed by atoms with van der Waals surface area (Å²) in [5.41, 5.74) is 1.12. The Hall–Kier alpha value is -4.62. The Balaban J connectivity index is 0.773. The number of piperidine rings is 1. The van der Waals surface area contributed by atoms with Crippen molar-refractivity contribution in [2.45, 2.75) is 115 Å². The van der Waals surface area contributed by atoms with Crippen LogP contribution in [-0.2, 0) is 40.5 Å². The molecule has 0 radical (unpaired) electrons. The van der Waals surface area contributed by atoms with Gasteiger partial charge in [-0.1, -0.05) is 45.0 Å². The molecule has 4 heterocycles. The number of nitrogens with one attached hydrogen (secondary N) is 3. The molecule has 362 valence electrons. The van der Waals surface area contributed by atoms with Crippen molar-refractivity contribution in [3.05, 3.63) is 92.3 Å². The quantitative estimate of drug-likeness (QED) is 0.0249. The zero-order chi connectivity index (χ0) is 48.0. The number of esters is 1. The third-order valence-electron chi connectivity index (χ3n) is 14.0. The van der Waals surface area contributed by atoms with Crippen LogP contribution in [0, 0.1) is 5.41 Å². The number of fused-ring (bicyclic) bond motifs is 1. The zero-order valence-corrected chi connectivity index (χ0v) is 42.3. The third kappa shape index (κ3) is 12.2. The normalized spacial score (nSPS) is 16.9. The van der Waals surface area contributed by atoms with Gasteiger partial charge in [0, 0.05) is 57.3 Å². The second-order valence-corrected chi connectivity index (χ2v) is 26.6. The first-order valence-corrected chi connectivity index (χ1v) is 28.1. The number of aromatic hydroxyl groups is 1. The van der Waals surface area contributed by atoms with Crippen LogP contribution in [0.25, 0.3) is 0 Å². The lowest BCUT2D eigenvalue weighted by molar-refractivity contribution is -0.181. The molecule has 0 bridgehead atoms. The fourth-order valence-electron chi connectivity index (χ4n) is 8.84. The van der Waals surface area contributed by atoms with Gasteiger partial charge < -0.3 is 49.9 Å². The van der Waals surface area contributed by atoms with Crippen molar-refractivity contribution in [1.82, 2.24) is 15.1 Å². The highest BCUT2D eigenvalue weighted by molar-refractivity contribution is 7.12. The summed E-state index contributed by atoms with van der Waals surface area (Å²) in [7, 11) is -0.419. The molecule has 17 heteroatoms. The lowest BCUT2D eigenvalue weighted by atomic mass is 9.61. The zero-order valence-electron chi connectivity index (χ0n) is 39.7. The number of aliphatic hydroxyl groups is 1. The highest BCUT2D eigenvalue weighted by Gasteiger charge is 2.51. The van der Waals surface area contributed by atoms with Gasteiger partial charge in [0.1, 0.15) is 17.5 Å². The fourth-order valence-corrected chi connectivity index (χ4v) is 11.8. The summed E-state index contributed by atoms with van der Waals surface area (Å²) in [6.45, 7) is 14.9. The van der Waals surface area contributed by atoms with Crippen molar-refractivity contribution >= 4 is 66.1 Å². The van der Waals surface area contributed by atoms with Gasteiger partial charge in [0.25, 0.3) is 5.91 Å². The number of ether oxygens (including phenoxy) is 2. The van der Waals surface area contributed by atoms with Crippen LogP contribution in [0.3, 0.4) is 0 Å². The van der Waals surface area contributed by atoms with Crippen molar-refractivity contribution in [3.63, 3.8) is 0 Å².